The molecule has 0 unspecified atom stereocenters. The summed E-state index contributed by atoms with van der Waals surface area (Å²) in [6.07, 6.45) is 3.47. The molecule has 6 nitrogen and oxygen atoms in total. The molecule has 2 fully saturated rings. The van der Waals surface area contributed by atoms with Crippen LogP contribution < -0.4 is 0 Å². The van der Waals surface area contributed by atoms with Gasteiger partial charge in [0.1, 0.15) is 0 Å². The van der Waals surface area contributed by atoms with Crippen molar-refractivity contribution in [2.75, 3.05) is 19.6 Å². The number of carbonyl (C=O) groups is 1. The largest absolute Gasteiger partial charge is 0.481 e. The number of halogens is 1. The summed E-state index contributed by atoms with van der Waals surface area (Å²) in [5.41, 5.74) is 0.323. The number of fused-ring (bicyclic) bond motifs is 1. The molecule has 2 atom stereocenters. The number of hydrogen-bond donors (Lipinski definition) is 1. The topological polar surface area (TPSA) is 79.5 Å². The van der Waals surface area contributed by atoms with Gasteiger partial charge in [0.05, 0.1) is 5.41 Å². The van der Waals surface area contributed by atoms with Gasteiger partial charge < -0.3 is 14.5 Å². The molecule has 0 amide bonds. The van der Waals surface area contributed by atoms with Crippen LogP contribution in [0.2, 0.25) is 5.02 Å². The number of rotatable bonds is 5. The van der Waals surface area contributed by atoms with Crippen LogP contribution in [0.4, 0.5) is 0 Å². The van der Waals surface area contributed by atoms with Gasteiger partial charge in [-0.25, -0.2) is 0 Å². The molecule has 4 rings (SSSR count). The van der Waals surface area contributed by atoms with E-state index < -0.39 is 11.4 Å². The second kappa shape index (κ2) is 6.42. The molecule has 1 saturated heterocycles. The van der Waals surface area contributed by atoms with E-state index in [2.05, 4.69) is 15.0 Å². The van der Waals surface area contributed by atoms with Gasteiger partial charge in [-0.05, 0) is 43.0 Å². The van der Waals surface area contributed by atoms with E-state index in [9.17, 15) is 9.90 Å². The number of carboxylic acid groups (broad SMARTS) is 1. The number of hydrogen-bond acceptors (Lipinski definition) is 5. The second-order valence-electron chi connectivity index (χ2n) is 7.05. The number of benzene rings is 1. The molecular formula is C18H20ClN3O3. The Hall–Kier alpha value is -1.92. The molecule has 1 aromatic carbocycles. The molecule has 1 N–H and O–H groups in total. The lowest BCUT2D eigenvalue weighted by atomic mass is 9.81. The van der Waals surface area contributed by atoms with E-state index in [0.717, 1.165) is 37.9 Å². The standard InChI is InChI=1S/C18H20ClN3O3/c19-14-5-3-12(4-6-14)16-20-15(25-21-16)7-9-22-10-13-2-1-8-18(13,11-22)17(23)24/h3-6,13H,1-2,7-11H2,(H,23,24)/t13-,18+/m0/s1. The van der Waals surface area contributed by atoms with E-state index in [0.29, 0.717) is 29.7 Å². The number of nitrogens with zero attached hydrogens (tertiary/aromatic N) is 3. The average molecular weight is 362 g/mol. The fourth-order valence-corrected chi connectivity index (χ4v) is 4.37. The molecule has 0 radical (unpaired) electrons. The molecule has 7 heteroatoms. The van der Waals surface area contributed by atoms with Crippen LogP contribution in [0.25, 0.3) is 11.4 Å². The molecule has 25 heavy (non-hydrogen) atoms. The summed E-state index contributed by atoms with van der Waals surface area (Å²) in [5.74, 6) is 0.760. The zero-order valence-corrected chi connectivity index (χ0v) is 14.6. The third-order valence-corrected chi connectivity index (χ3v) is 5.83. The summed E-state index contributed by atoms with van der Waals surface area (Å²) in [4.78, 5) is 18.4. The van der Waals surface area contributed by atoms with Gasteiger partial charge in [0, 0.05) is 36.6 Å². The minimum atomic E-state index is -0.639. The Labute approximate surface area is 150 Å². The van der Waals surface area contributed by atoms with Crippen LogP contribution in [0, 0.1) is 11.3 Å². The smallest absolute Gasteiger partial charge is 0.311 e. The number of likely N-dealkylation sites (tertiary alicyclic amines) is 1. The monoisotopic (exact) mass is 361 g/mol. The lowest BCUT2D eigenvalue weighted by molar-refractivity contribution is -0.149. The summed E-state index contributed by atoms with van der Waals surface area (Å²) in [7, 11) is 0. The van der Waals surface area contributed by atoms with Crippen LogP contribution in [0.3, 0.4) is 0 Å². The first-order valence-electron chi connectivity index (χ1n) is 8.61. The number of aromatic nitrogens is 2. The Morgan fingerprint density at radius 1 is 1.40 bits per heavy atom. The fourth-order valence-electron chi connectivity index (χ4n) is 4.24. The molecule has 0 bridgehead atoms. The summed E-state index contributed by atoms with van der Waals surface area (Å²) in [5, 5.41) is 14.3. The molecule has 2 heterocycles. The molecule has 2 aromatic rings. The maximum atomic E-state index is 11.7. The van der Waals surface area contributed by atoms with Gasteiger partial charge in [-0.1, -0.05) is 23.2 Å². The van der Waals surface area contributed by atoms with Crippen LogP contribution in [-0.4, -0.2) is 45.8 Å². The Kier molecular flexibility index (Phi) is 4.25. The van der Waals surface area contributed by atoms with E-state index in [1.807, 2.05) is 12.1 Å². The highest BCUT2D eigenvalue weighted by Crippen LogP contribution is 2.48. The summed E-state index contributed by atoms with van der Waals surface area (Å²) in [6, 6.07) is 7.30. The minimum absolute atomic E-state index is 0.275. The van der Waals surface area contributed by atoms with Gasteiger partial charge in [0.2, 0.25) is 11.7 Å². The third kappa shape index (κ3) is 3.04. The van der Waals surface area contributed by atoms with E-state index in [1.54, 1.807) is 12.1 Å². The number of aliphatic carboxylic acids is 1. The number of carboxylic acids is 1. The molecule has 1 aromatic heterocycles. The maximum Gasteiger partial charge on any atom is 0.311 e. The molecule has 0 spiro atoms. The highest BCUT2D eigenvalue weighted by atomic mass is 35.5. The summed E-state index contributed by atoms with van der Waals surface area (Å²) < 4.78 is 5.34. The van der Waals surface area contributed by atoms with Crippen molar-refractivity contribution in [3.63, 3.8) is 0 Å². The Bertz CT molecular complexity index is 776. The van der Waals surface area contributed by atoms with Gasteiger partial charge in [0.25, 0.3) is 0 Å². The predicted molar refractivity (Wildman–Crippen MR) is 92.3 cm³/mol. The van der Waals surface area contributed by atoms with Gasteiger partial charge in [-0.2, -0.15) is 4.98 Å². The first-order chi connectivity index (χ1) is 12.1. The molecular weight excluding hydrogens is 342 g/mol. The normalized spacial score (nSPS) is 26.0. The van der Waals surface area contributed by atoms with Crippen molar-refractivity contribution in [2.24, 2.45) is 11.3 Å². The average Bonchev–Trinajstić information content (AvgIpc) is 3.27. The first-order valence-corrected chi connectivity index (χ1v) is 8.99. The van der Waals surface area contributed by atoms with Gasteiger partial charge in [-0.3, -0.25) is 4.79 Å². The van der Waals surface area contributed by atoms with Gasteiger partial charge in [0.15, 0.2) is 0 Å². The van der Waals surface area contributed by atoms with Gasteiger partial charge >= 0.3 is 5.97 Å². The van der Waals surface area contributed by atoms with E-state index in [1.165, 1.54) is 0 Å². The second-order valence-corrected chi connectivity index (χ2v) is 7.49. The third-order valence-electron chi connectivity index (χ3n) is 5.58. The Morgan fingerprint density at radius 3 is 2.92 bits per heavy atom. The van der Waals surface area contributed by atoms with Crippen LogP contribution in [0.15, 0.2) is 28.8 Å². The van der Waals surface area contributed by atoms with E-state index >= 15 is 0 Å². The molecule has 1 saturated carbocycles. The van der Waals surface area contributed by atoms with E-state index in [-0.39, 0.29) is 5.92 Å². The zero-order valence-electron chi connectivity index (χ0n) is 13.8. The quantitative estimate of drug-likeness (QED) is 0.881. The lowest BCUT2D eigenvalue weighted by Crippen LogP contribution is -2.36. The van der Waals surface area contributed by atoms with Crippen LogP contribution >= 0.6 is 11.6 Å². The van der Waals surface area contributed by atoms with Crippen LogP contribution in [-0.2, 0) is 11.2 Å². The van der Waals surface area contributed by atoms with Crippen molar-refractivity contribution < 1.29 is 14.4 Å². The predicted octanol–water partition coefficient (Wildman–Crippen LogP) is 3.12. The van der Waals surface area contributed by atoms with Crippen molar-refractivity contribution in [1.29, 1.82) is 0 Å². The molecule has 1 aliphatic heterocycles. The Morgan fingerprint density at radius 2 is 2.20 bits per heavy atom. The van der Waals surface area contributed by atoms with Crippen molar-refractivity contribution >= 4 is 17.6 Å². The van der Waals surface area contributed by atoms with Crippen molar-refractivity contribution in [1.82, 2.24) is 15.0 Å². The maximum absolute atomic E-state index is 11.7. The highest BCUT2D eigenvalue weighted by molar-refractivity contribution is 6.30. The van der Waals surface area contributed by atoms with E-state index in [4.69, 9.17) is 16.1 Å². The van der Waals surface area contributed by atoms with Crippen molar-refractivity contribution in [3.8, 4) is 11.4 Å². The molecule has 132 valence electrons. The SMILES string of the molecule is O=C(O)[C@@]12CCC[C@H]1CN(CCc1nc(-c3ccc(Cl)cc3)no1)C2. The summed E-state index contributed by atoms with van der Waals surface area (Å²) >= 11 is 5.89. The Balaban J connectivity index is 1.38. The molecule has 2 aliphatic rings. The zero-order chi connectivity index (χ0) is 17.4. The fraction of sp³-hybridized carbons (Fsp3) is 0.500. The lowest BCUT2D eigenvalue weighted by Gasteiger charge is -2.23. The van der Waals surface area contributed by atoms with Crippen molar-refractivity contribution in [3.05, 3.63) is 35.2 Å². The molecule has 1 aliphatic carbocycles. The highest BCUT2D eigenvalue weighted by Gasteiger charge is 2.54. The summed E-state index contributed by atoms with van der Waals surface area (Å²) in [6.45, 7) is 2.23. The van der Waals surface area contributed by atoms with Crippen LogP contribution in [0.1, 0.15) is 25.2 Å². The van der Waals surface area contributed by atoms with Crippen LogP contribution in [0.5, 0.6) is 0 Å². The first kappa shape index (κ1) is 16.5. The minimum Gasteiger partial charge on any atom is -0.481 e. The van der Waals surface area contributed by atoms with Gasteiger partial charge in [-0.15, -0.1) is 0 Å². The van der Waals surface area contributed by atoms with Crippen molar-refractivity contribution in [2.45, 2.75) is 25.7 Å².